The second-order valence-corrected chi connectivity index (χ2v) is 6.31. The summed E-state index contributed by atoms with van der Waals surface area (Å²) in [5.41, 5.74) is 0. The van der Waals surface area contributed by atoms with Gasteiger partial charge in [-0.3, -0.25) is 0 Å². The molecule has 0 saturated carbocycles. The third-order valence-electron chi connectivity index (χ3n) is 3.72. The van der Waals surface area contributed by atoms with E-state index in [1.807, 2.05) is 0 Å². The maximum absolute atomic E-state index is 5.83. The molecule has 0 aliphatic carbocycles. The van der Waals surface area contributed by atoms with Crippen LogP contribution >= 0.6 is 0 Å². The van der Waals surface area contributed by atoms with Crippen molar-refractivity contribution in [3.63, 3.8) is 0 Å². The molecule has 0 spiro atoms. The fourth-order valence-electron chi connectivity index (χ4n) is 1.67. The minimum absolute atomic E-state index is 0.0405. The third kappa shape index (κ3) is 9.88. The average molecular weight is 352 g/mol. The molecule has 0 heterocycles. The Balaban J connectivity index is 4.21. The number of rotatable bonds is 14. The van der Waals surface area contributed by atoms with Crippen LogP contribution in [0.5, 0.6) is 0 Å². The number of hydrogen-bond donors (Lipinski definition) is 2. The van der Waals surface area contributed by atoms with Gasteiger partial charge in [-0.1, -0.05) is 0 Å². The van der Waals surface area contributed by atoms with E-state index >= 15 is 0 Å². The van der Waals surface area contributed by atoms with Crippen molar-refractivity contribution in [1.29, 1.82) is 0 Å². The summed E-state index contributed by atoms with van der Waals surface area (Å²) in [6.07, 6.45) is 4.46. The van der Waals surface area contributed by atoms with E-state index in [-0.39, 0.29) is 12.5 Å². The summed E-state index contributed by atoms with van der Waals surface area (Å²) < 4.78 is 11.7. The van der Waals surface area contributed by atoms with E-state index < -0.39 is 0 Å². The molecule has 0 bridgehead atoms. The van der Waals surface area contributed by atoms with E-state index in [1.54, 1.807) is 0 Å². The normalized spacial score (nSPS) is 17.6. The topological polar surface area (TPSA) is 42.5 Å². The summed E-state index contributed by atoms with van der Waals surface area (Å²) in [4.78, 5) is 0. The van der Waals surface area contributed by atoms with Gasteiger partial charge in [-0.2, -0.15) is 0 Å². The van der Waals surface area contributed by atoms with E-state index in [0.29, 0.717) is 11.8 Å². The molecule has 21 heavy (non-hydrogen) atoms. The first-order valence-corrected chi connectivity index (χ1v) is 9.24. The van der Waals surface area contributed by atoms with Crippen LogP contribution in [0.1, 0.15) is 67.2 Å². The summed E-state index contributed by atoms with van der Waals surface area (Å²) in [5.74, 6) is 0.936. The Morgan fingerprint density at radius 2 is 1.14 bits per heavy atom. The molecule has 0 saturated heterocycles. The van der Waals surface area contributed by atoms with Crippen LogP contribution in [0.25, 0.3) is 0 Å². The molecule has 2 N–H and O–H groups in total. The van der Waals surface area contributed by atoms with Gasteiger partial charge in [0.2, 0.25) is 0 Å². The van der Waals surface area contributed by atoms with Crippen molar-refractivity contribution < 1.29 is 23.3 Å². The van der Waals surface area contributed by atoms with Crippen LogP contribution < -0.4 is 10.6 Å². The molecule has 0 aliphatic heterocycles. The van der Waals surface area contributed by atoms with Crippen LogP contribution in [0.15, 0.2) is 0 Å². The zero-order valence-corrected chi connectivity index (χ0v) is 15.6. The molecule has 133 valence electrons. The zero-order chi connectivity index (χ0) is 16.1. The van der Waals surface area contributed by atoms with Crippen molar-refractivity contribution in [2.45, 2.75) is 79.7 Å². The van der Waals surface area contributed by atoms with Gasteiger partial charge < -0.3 is 0 Å². The summed E-state index contributed by atoms with van der Waals surface area (Å²) in [7, 11) is 0. The molecule has 0 amide bonds. The van der Waals surface area contributed by atoms with Gasteiger partial charge in [-0.25, -0.2) is 0 Å². The predicted octanol–water partition coefficient (Wildman–Crippen LogP) is 3.68. The van der Waals surface area contributed by atoms with Gasteiger partial charge in [-0.05, 0) is 0 Å². The Kier molecular flexibility index (Phi) is 14.2. The van der Waals surface area contributed by atoms with Crippen molar-refractivity contribution in [3.8, 4) is 0 Å². The van der Waals surface area contributed by atoms with E-state index in [2.05, 4.69) is 52.2 Å². The molecule has 4 nitrogen and oxygen atoms in total. The van der Waals surface area contributed by atoms with Crippen LogP contribution in [-0.2, 0) is 23.3 Å². The molecule has 4 atom stereocenters. The summed E-state index contributed by atoms with van der Waals surface area (Å²) in [6.45, 7) is 15.0. The van der Waals surface area contributed by atoms with Crippen molar-refractivity contribution in [3.05, 3.63) is 0 Å². The molecule has 0 aromatic rings. The van der Waals surface area contributed by atoms with E-state index in [1.165, 1.54) is 15.6 Å². The van der Waals surface area contributed by atoms with Crippen molar-refractivity contribution in [2.75, 3.05) is 13.1 Å². The van der Waals surface area contributed by atoms with Gasteiger partial charge in [0.15, 0.2) is 0 Å². The first kappa shape index (κ1) is 21.4. The number of nitrogens with one attached hydrogen (secondary N) is 2. The standard InChI is InChI=1S/2C8H18NO.Cu/c2*1-4-6-9-8(10)7(3)5-2;/h2*7-9H,4-6H2,1-3H3;/q2*-1;+2. The van der Waals surface area contributed by atoms with E-state index in [0.717, 1.165) is 38.8 Å². The monoisotopic (exact) mass is 351 g/mol. The van der Waals surface area contributed by atoms with Crippen LogP contribution in [0.3, 0.4) is 0 Å². The second-order valence-electron chi connectivity index (χ2n) is 5.71. The molecule has 4 unspecified atom stereocenters. The summed E-state index contributed by atoms with van der Waals surface area (Å²) in [5, 5.41) is 6.87. The molecule has 0 radical (unpaired) electrons. The Labute approximate surface area is 138 Å². The first-order valence-electron chi connectivity index (χ1n) is 8.47. The Hall–Kier alpha value is 0.359. The quantitative estimate of drug-likeness (QED) is 0.370. The van der Waals surface area contributed by atoms with Crippen LogP contribution in [0.2, 0.25) is 0 Å². The SMILES string of the molecule is CCCNC([O][Cu][O]C(NCCC)C(C)CC)C(C)CC. The molecule has 0 aromatic heterocycles. The Morgan fingerprint density at radius 3 is 1.43 bits per heavy atom. The van der Waals surface area contributed by atoms with Gasteiger partial charge >= 0.3 is 138 Å². The zero-order valence-electron chi connectivity index (χ0n) is 14.7. The van der Waals surface area contributed by atoms with Crippen LogP contribution in [0.4, 0.5) is 0 Å². The molecule has 0 rings (SSSR count). The second kappa shape index (κ2) is 14.0. The molecule has 0 aliphatic rings. The predicted molar refractivity (Wildman–Crippen MR) is 85.2 cm³/mol. The fourth-order valence-corrected chi connectivity index (χ4v) is 2.52. The first-order chi connectivity index (χ1) is 10.1. The molecular formula is C16H36CuN2O2. The van der Waals surface area contributed by atoms with Gasteiger partial charge in [0.1, 0.15) is 0 Å². The summed E-state index contributed by atoms with van der Waals surface area (Å²) in [6, 6.07) is 0. The van der Waals surface area contributed by atoms with Crippen LogP contribution in [0, 0.1) is 11.8 Å². The fraction of sp³-hybridized carbons (Fsp3) is 1.00. The van der Waals surface area contributed by atoms with E-state index in [4.69, 9.17) is 7.64 Å². The van der Waals surface area contributed by atoms with Gasteiger partial charge in [0, 0.05) is 0 Å². The van der Waals surface area contributed by atoms with Crippen molar-refractivity contribution >= 4 is 0 Å². The molecular weight excluding hydrogens is 316 g/mol. The van der Waals surface area contributed by atoms with Crippen LogP contribution in [-0.4, -0.2) is 25.5 Å². The minimum atomic E-state index is 0.0405. The van der Waals surface area contributed by atoms with Crippen molar-refractivity contribution in [2.24, 2.45) is 11.8 Å². The summed E-state index contributed by atoms with van der Waals surface area (Å²) >= 11 is 1.23. The van der Waals surface area contributed by atoms with E-state index in [9.17, 15) is 0 Å². The molecule has 0 aromatic carbocycles. The van der Waals surface area contributed by atoms with Gasteiger partial charge in [-0.15, -0.1) is 0 Å². The Morgan fingerprint density at radius 1 is 0.762 bits per heavy atom. The Bertz CT molecular complexity index is 210. The number of hydrogen-bond acceptors (Lipinski definition) is 4. The van der Waals surface area contributed by atoms with Gasteiger partial charge in [0.05, 0.1) is 0 Å². The average Bonchev–Trinajstić information content (AvgIpc) is 2.51. The van der Waals surface area contributed by atoms with Crippen molar-refractivity contribution in [1.82, 2.24) is 10.6 Å². The maximum atomic E-state index is 5.83. The van der Waals surface area contributed by atoms with Gasteiger partial charge in [0.25, 0.3) is 0 Å². The molecule has 0 fully saturated rings. The molecule has 5 heteroatoms. The third-order valence-corrected chi connectivity index (χ3v) is 4.38.